The summed E-state index contributed by atoms with van der Waals surface area (Å²) in [6.45, 7) is 20.5. The number of aryl methyl sites for hydroxylation is 2. The van der Waals surface area contributed by atoms with Gasteiger partial charge in [-0.05, 0) is 80.3 Å². The molecule has 271 valence electrons. The van der Waals surface area contributed by atoms with Crippen molar-refractivity contribution in [2.24, 2.45) is 16.7 Å². The molecule has 0 spiro atoms. The summed E-state index contributed by atoms with van der Waals surface area (Å²) in [6.07, 6.45) is 5.76. The second-order valence-corrected chi connectivity index (χ2v) is 14.6. The Morgan fingerprint density at radius 2 is 1.53 bits per heavy atom. The number of ketones is 1. The first-order valence-corrected chi connectivity index (χ1v) is 18.1. The molecule has 0 fully saturated rings. The second kappa shape index (κ2) is 16.2. The van der Waals surface area contributed by atoms with Crippen molar-refractivity contribution in [1.29, 1.82) is 0 Å². The average Bonchev–Trinajstić information content (AvgIpc) is 3.48. The number of aromatic nitrogens is 3. The molecule has 7 heteroatoms. The average molecular weight is 863 g/mol. The molecule has 3 heterocycles. The monoisotopic (exact) mass is 863 g/mol. The Hall–Kier alpha value is -3.93. The standard InChI is InChI=1S/C29H24N3O.C15H28O2.Ir/c1-16(2)15-20-8-5-7-19-12-14-23-26(31-18(4)32-27(23)25(19)20)24-10-6-9-21-22-13-11-17(3)30-29(22)33-28(21)24;1-7-14(5,8-2)12(16)11-13(17)15(6,9-3)10-4;/h5-9,11-14,16H,15H2,1-4H3;11,16H,7-10H2,1-6H3;/q-1;;/b;12-11-;. The Morgan fingerprint density at radius 1 is 0.863 bits per heavy atom. The molecule has 0 bridgehead atoms. The van der Waals surface area contributed by atoms with Gasteiger partial charge in [0.15, 0.2) is 5.78 Å². The summed E-state index contributed by atoms with van der Waals surface area (Å²) in [4.78, 5) is 26.6. The van der Waals surface area contributed by atoms with E-state index in [2.05, 4.69) is 61.3 Å². The number of pyridine rings is 1. The molecule has 0 aliphatic carbocycles. The van der Waals surface area contributed by atoms with Crippen molar-refractivity contribution in [2.45, 2.75) is 101 Å². The zero-order valence-corrected chi connectivity index (χ0v) is 34.2. The predicted molar refractivity (Wildman–Crippen MR) is 208 cm³/mol. The van der Waals surface area contributed by atoms with Gasteiger partial charge < -0.3 is 9.52 Å². The SMILES string of the molecule is CCC(C)(CC)C(=O)/C=C(\O)C(C)(CC)CC.Cc1ccc2c(n1)oc1c(-c3nc(C)nc4c3ccc3cccc(CC(C)C)c34)[c-]ccc12.[Ir]. The maximum Gasteiger partial charge on any atom is 0.216 e. The molecule has 6 nitrogen and oxygen atoms in total. The normalized spacial score (nSPS) is 12.4. The van der Waals surface area contributed by atoms with Crippen LogP contribution < -0.4 is 0 Å². The number of hydrogen-bond acceptors (Lipinski definition) is 6. The summed E-state index contributed by atoms with van der Waals surface area (Å²) < 4.78 is 6.27. The number of benzene rings is 3. The number of aliphatic hydroxyl groups is 1. The van der Waals surface area contributed by atoms with Gasteiger partial charge in [-0.25, -0.2) is 9.97 Å². The first-order chi connectivity index (χ1) is 23.8. The Balaban J connectivity index is 0.000000279. The minimum Gasteiger partial charge on any atom is -0.512 e. The largest absolute Gasteiger partial charge is 0.512 e. The molecule has 51 heavy (non-hydrogen) atoms. The molecule has 1 radical (unpaired) electrons. The third-order valence-electron chi connectivity index (χ3n) is 10.8. The van der Waals surface area contributed by atoms with Crippen LogP contribution in [-0.4, -0.2) is 25.8 Å². The van der Waals surface area contributed by atoms with Crippen LogP contribution in [0.25, 0.3) is 55.0 Å². The van der Waals surface area contributed by atoms with Crippen molar-refractivity contribution in [3.8, 4) is 11.3 Å². The quantitative estimate of drug-likeness (QED) is 0.0639. The molecule has 0 unspecified atom stereocenters. The molecule has 0 aliphatic rings. The topological polar surface area (TPSA) is 89.1 Å². The summed E-state index contributed by atoms with van der Waals surface area (Å²) in [5.41, 5.74) is 5.74. The zero-order chi connectivity index (χ0) is 36.4. The number of fused-ring (bicyclic) bond motifs is 6. The summed E-state index contributed by atoms with van der Waals surface area (Å²) in [7, 11) is 0. The van der Waals surface area contributed by atoms with Crippen molar-refractivity contribution < 1.29 is 34.4 Å². The molecule has 0 atom stereocenters. The molecular formula is C44H52IrN3O3-. The van der Waals surface area contributed by atoms with Crippen molar-refractivity contribution >= 4 is 49.5 Å². The van der Waals surface area contributed by atoms with Crippen LogP contribution in [0.4, 0.5) is 0 Å². The van der Waals surface area contributed by atoms with Gasteiger partial charge in [0.2, 0.25) is 5.71 Å². The van der Waals surface area contributed by atoms with Crippen LogP contribution in [0.1, 0.15) is 98.2 Å². The fourth-order valence-corrected chi connectivity index (χ4v) is 6.52. The van der Waals surface area contributed by atoms with Crippen LogP contribution >= 0.6 is 0 Å². The third-order valence-corrected chi connectivity index (χ3v) is 10.8. The van der Waals surface area contributed by atoms with Crippen LogP contribution in [-0.2, 0) is 31.3 Å². The van der Waals surface area contributed by atoms with Crippen molar-refractivity contribution in [2.75, 3.05) is 0 Å². The molecule has 3 aromatic heterocycles. The summed E-state index contributed by atoms with van der Waals surface area (Å²) in [5, 5.41) is 15.6. The number of carbonyl (C=O) groups excluding carboxylic acids is 1. The van der Waals surface area contributed by atoms with E-state index < -0.39 is 0 Å². The number of allylic oxidation sites excluding steroid dienone is 2. The number of aliphatic hydroxyl groups excluding tert-OH is 1. The molecule has 0 saturated heterocycles. The van der Waals surface area contributed by atoms with Gasteiger partial charge in [-0.1, -0.05) is 96.7 Å². The Labute approximate surface area is 316 Å². The Morgan fingerprint density at radius 3 is 2.18 bits per heavy atom. The van der Waals surface area contributed by atoms with E-state index in [0.717, 1.165) is 82.1 Å². The predicted octanol–water partition coefficient (Wildman–Crippen LogP) is 12.0. The molecule has 0 amide bonds. The number of nitrogens with zero attached hydrogens (tertiary/aromatic N) is 3. The minimum atomic E-state index is -0.337. The van der Waals surface area contributed by atoms with Crippen LogP contribution in [0, 0.1) is 36.7 Å². The van der Waals surface area contributed by atoms with E-state index in [1.54, 1.807) is 0 Å². The van der Waals surface area contributed by atoms with Crippen LogP contribution in [0.2, 0.25) is 0 Å². The van der Waals surface area contributed by atoms with Crippen LogP contribution in [0.5, 0.6) is 0 Å². The van der Waals surface area contributed by atoms with E-state index in [0.29, 0.717) is 11.6 Å². The Kier molecular flexibility index (Phi) is 12.6. The summed E-state index contributed by atoms with van der Waals surface area (Å²) in [5.74, 6) is 1.58. The molecular weight excluding hydrogens is 811 g/mol. The molecule has 6 aromatic rings. The fourth-order valence-electron chi connectivity index (χ4n) is 6.52. The van der Waals surface area contributed by atoms with E-state index in [9.17, 15) is 9.90 Å². The fraction of sp³-hybridized carbons (Fsp3) is 0.409. The Bertz CT molecular complexity index is 2210. The van der Waals surface area contributed by atoms with E-state index in [1.165, 1.54) is 22.4 Å². The third kappa shape index (κ3) is 7.95. The number of hydrogen-bond donors (Lipinski definition) is 1. The van der Waals surface area contributed by atoms with Gasteiger partial charge in [0.1, 0.15) is 11.6 Å². The first kappa shape index (κ1) is 39.8. The maximum atomic E-state index is 12.2. The van der Waals surface area contributed by atoms with Gasteiger partial charge >= 0.3 is 0 Å². The van der Waals surface area contributed by atoms with Crippen molar-refractivity contribution in [3.05, 3.63) is 89.6 Å². The van der Waals surface area contributed by atoms with Gasteiger partial charge in [0, 0.05) is 59.2 Å². The smallest absolute Gasteiger partial charge is 0.216 e. The maximum absolute atomic E-state index is 12.2. The van der Waals surface area contributed by atoms with Crippen molar-refractivity contribution in [1.82, 2.24) is 15.0 Å². The van der Waals surface area contributed by atoms with Gasteiger partial charge in [0.25, 0.3) is 0 Å². The molecule has 0 aliphatic heterocycles. The van der Waals surface area contributed by atoms with Gasteiger partial charge in [-0.15, -0.1) is 18.2 Å². The van der Waals surface area contributed by atoms with E-state index in [1.807, 2.05) is 73.6 Å². The molecule has 3 aromatic carbocycles. The number of furan rings is 1. The van der Waals surface area contributed by atoms with E-state index in [4.69, 9.17) is 14.4 Å². The van der Waals surface area contributed by atoms with Gasteiger partial charge in [0.05, 0.1) is 11.1 Å². The number of rotatable bonds is 10. The molecule has 1 N–H and O–H groups in total. The minimum absolute atomic E-state index is 0. The van der Waals surface area contributed by atoms with E-state index in [-0.39, 0.29) is 42.5 Å². The number of carbonyl (C=O) groups is 1. The zero-order valence-electron chi connectivity index (χ0n) is 31.8. The van der Waals surface area contributed by atoms with Crippen molar-refractivity contribution in [3.63, 3.8) is 0 Å². The van der Waals surface area contributed by atoms with Crippen LogP contribution in [0.3, 0.4) is 0 Å². The van der Waals surface area contributed by atoms with Gasteiger partial charge in [-0.3, -0.25) is 9.78 Å². The molecule has 0 saturated carbocycles. The van der Waals surface area contributed by atoms with Crippen LogP contribution in [0.15, 0.2) is 70.8 Å². The molecule has 6 rings (SSSR count). The first-order valence-electron chi connectivity index (χ1n) is 18.1. The van der Waals surface area contributed by atoms with Gasteiger partial charge in [-0.2, -0.15) is 0 Å². The second-order valence-electron chi connectivity index (χ2n) is 14.6. The summed E-state index contributed by atoms with van der Waals surface area (Å²) >= 11 is 0. The summed E-state index contributed by atoms with van der Waals surface area (Å²) in [6, 6.07) is 22.3. The van der Waals surface area contributed by atoms with E-state index >= 15 is 0 Å².